The van der Waals surface area contributed by atoms with Crippen molar-refractivity contribution in [3.8, 4) is 178 Å². The van der Waals surface area contributed by atoms with Crippen LogP contribution in [0.3, 0.4) is 0 Å². The van der Waals surface area contributed by atoms with Crippen molar-refractivity contribution in [2.45, 2.75) is 20.3 Å². The first-order valence-electron chi connectivity index (χ1n) is 12.9. The smallest absolute Gasteiger partial charge is 0.328 e. The van der Waals surface area contributed by atoms with Crippen LogP contribution < -0.4 is 10.2 Å². The molecule has 0 aromatic heterocycles. The lowest BCUT2D eigenvalue weighted by molar-refractivity contribution is -0.219. The van der Waals surface area contributed by atoms with Gasteiger partial charge < -0.3 is 19.3 Å². The maximum atomic E-state index is 11.4. The number of hydrogen-bond acceptors (Lipinski definition) is 5. The number of hydrogen-bond donors (Lipinski definition) is 1. The van der Waals surface area contributed by atoms with E-state index in [9.17, 15) is 14.3 Å². The van der Waals surface area contributed by atoms with Crippen LogP contribution in [-0.2, 0) is 18.4 Å². The second-order valence-corrected chi connectivity index (χ2v) is 8.30. The van der Waals surface area contributed by atoms with Crippen molar-refractivity contribution >= 4 is 13.7 Å². The molecule has 0 aliphatic heterocycles. The molecule has 224 valence electrons. The Kier molecular flexibility index (Phi) is 25.8. The zero-order valence-corrected chi connectivity index (χ0v) is 26.7. The van der Waals surface area contributed by atoms with Crippen LogP contribution in [0, 0.1) is 178 Å². The molecular formula is C42H15NO5P-. The summed E-state index contributed by atoms with van der Waals surface area (Å²) in [5.41, 5.74) is 11.2. The minimum atomic E-state index is -4.63. The van der Waals surface area contributed by atoms with Crippen LogP contribution in [0.25, 0.3) is 0 Å². The number of rotatable bonds is 6. The number of carbonyl (C=O) groups is 1. The molecule has 0 aromatic rings. The fraction of sp³-hybridized carbons (Fsp3) is 0.119. The van der Waals surface area contributed by atoms with E-state index in [-0.39, 0.29) is 19.1 Å². The lowest BCUT2D eigenvalue weighted by atomic mass is 10.2. The van der Waals surface area contributed by atoms with E-state index in [0.717, 1.165) is 5.57 Å². The van der Waals surface area contributed by atoms with Crippen LogP contribution in [0.1, 0.15) is 20.3 Å². The van der Waals surface area contributed by atoms with Crippen molar-refractivity contribution < 1.29 is 23.3 Å². The number of nitrogens with one attached hydrogen (secondary N) is 1. The Labute approximate surface area is 288 Å². The van der Waals surface area contributed by atoms with Crippen molar-refractivity contribution in [1.29, 1.82) is 0 Å². The van der Waals surface area contributed by atoms with Crippen molar-refractivity contribution in [2.75, 3.05) is 13.2 Å². The molecule has 1 atom stereocenters. The van der Waals surface area contributed by atoms with E-state index in [1.807, 2.05) is 13.0 Å². The van der Waals surface area contributed by atoms with E-state index in [4.69, 9.17) is 0 Å². The Morgan fingerprint density at radius 1 is 0.633 bits per heavy atom. The van der Waals surface area contributed by atoms with E-state index in [0.29, 0.717) is 6.42 Å². The predicted octanol–water partition coefficient (Wildman–Crippen LogP) is 1.22. The molecule has 0 saturated carbocycles. The molecule has 0 spiro atoms. The van der Waals surface area contributed by atoms with E-state index >= 15 is 0 Å². The monoisotopic (exact) mass is 644 g/mol. The zero-order valence-electron chi connectivity index (χ0n) is 25.8. The van der Waals surface area contributed by atoms with Gasteiger partial charge in [0.15, 0.2) is 0 Å². The third-order valence-electron chi connectivity index (χ3n) is 3.55. The molecule has 1 N–H and O–H groups in total. The Morgan fingerprint density at radius 3 is 1.35 bits per heavy atom. The van der Waals surface area contributed by atoms with Crippen molar-refractivity contribution in [3.63, 3.8) is 0 Å². The van der Waals surface area contributed by atoms with Gasteiger partial charge in [0.05, 0.1) is 12.2 Å². The number of phosphoric acid groups is 1. The molecule has 0 fully saturated rings. The van der Waals surface area contributed by atoms with Crippen LogP contribution in [0.5, 0.6) is 0 Å². The van der Waals surface area contributed by atoms with Gasteiger partial charge in [-0.05, 0) is 83.5 Å². The average Bonchev–Trinajstić information content (AvgIpc) is 3.08. The maximum Gasteiger partial charge on any atom is 0.328 e. The standard InChI is InChI=1S/C42H16NO5P/c1-4-6-33-36-42(5-2)37-34-31-29-27-25-23-21-19-17-15-13-11-9-7-8-10-12-14-16-18-20-22-24-26-28-30-32-35-39-47-49(45,46)48-40-38-43-41(3)44/h1,5,38,40H2,2-3H3,(H,43,44)(H,45,46)/p-1. The molecule has 0 radical (unpaired) electrons. The summed E-state index contributed by atoms with van der Waals surface area (Å²) >= 11 is 0. The number of amides is 1. The third kappa shape index (κ3) is 32.4. The van der Waals surface area contributed by atoms with Gasteiger partial charge in [-0.25, -0.2) is 0 Å². The SMILES string of the molecule is C=C=C=C=C=C(C#CC#CC#CC#CC#CC#CC#CC#CC#CC#CC#CC#CC#CC#CC#COP(=O)([O-])OCCNC(C)=O)CC. The first kappa shape index (κ1) is 40.7. The van der Waals surface area contributed by atoms with Crippen molar-refractivity contribution in [2.24, 2.45) is 0 Å². The van der Waals surface area contributed by atoms with Crippen molar-refractivity contribution in [3.05, 3.63) is 35.1 Å². The summed E-state index contributed by atoms with van der Waals surface area (Å²) in [6.07, 6.45) is 2.53. The molecule has 0 heterocycles. The molecule has 0 bridgehead atoms. The number of phosphoric ester groups is 1. The van der Waals surface area contributed by atoms with E-state index in [1.165, 1.54) is 6.92 Å². The Balaban J connectivity index is 4.61. The molecule has 49 heavy (non-hydrogen) atoms. The first-order valence-corrected chi connectivity index (χ1v) is 14.4. The van der Waals surface area contributed by atoms with E-state index in [1.54, 1.807) is 0 Å². The highest BCUT2D eigenvalue weighted by Crippen LogP contribution is 2.37. The van der Waals surface area contributed by atoms with Gasteiger partial charge in [-0.2, -0.15) is 0 Å². The molecule has 0 saturated heterocycles. The molecule has 0 aliphatic carbocycles. The lowest BCUT2D eigenvalue weighted by Crippen LogP contribution is -2.24. The van der Waals surface area contributed by atoms with Crippen LogP contribution in [-0.4, -0.2) is 19.1 Å². The fourth-order valence-corrected chi connectivity index (χ4v) is 2.32. The lowest BCUT2D eigenvalue weighted by Gasteiger charge is -2.18. The summed E-state index contributed by atoms with van der Waals surface area (Å²) < 4.78 is 20.1. The van der Waals surface area contributed by atoms with Gasteiger partial charge in [0.25, 0.3) is 0 Å². The summed E-state index contributed by atoms with van der Waals surface area (Å²) in [5.74, 6) is 71.3. The summed E-state index contributed by atoms with van der Waals surface area (Å²) in [4.78, 5) is 22.0. The number of allylic oxidation sites excluding steroid dienone is 1. The topological polar surface area (TPSA) is 87.7 Å². The highest BCUT2D eigenvalue weighted by Gasteiger charge is 2.07. The Bertz CT molecular complexity index is 2530. The summed E-state index contributed by atoms with van der Waals surface area (Å²) in [5, 5.41) is 2.35. The van der Waals surface area contributed by atoms with Gasteiger partial charge in [0.1, 0.15) is 6.11 Å². The minimum Gasteiger partial charge on any atom is -0.746 e. The van der Waals surface area contributed by atoms with Crippen LogP contribution in [0.15, 0.2) is 35.1 Å². The predicted molar refractivity (Wildman–Crippen MR) is 183 cm³/mol. The Hall–Kier alpha value is -8.32. The highest BCUT2D eigenvalue weighted by atomic mass is 31.2. The molecular weight excluding hydrogens is 629 g/mol. The molecule has 1 unspecified atom stereocenters. The summed E-state index contributed by atoms with van der Waals surface area (Å²) in [7, 11) is -4.63. The molecule has 6 nitrogen and oxygen atoms in total. The summed E-state index contributed by atoms with van der Waals surface area (Å²) in [6.45, 7) is 6.29. The van der Waals surface area contributed by atoms with Crippen molar-refractivity contribution in [1.82, 2.24) is 5.32 Å². The van der Waals surface area contributed by atoms with Crippen LogP contribution in [0.4, 0.5) is 0 Å². The largest absolute Gasteiger partial charge is 0.746 e. The minimum absolute atomic E-state index is 0.000434. The second-order valence-electron chi connectivity index (χ2n) is 6.97. The molecule has 0 rings (SSSR count). The van der Waals surface area contributed by atoms with Gasteiger partial charge >= 0.3 is 7.82 Å². The second kappa shape index (κ2) is 31.1. The Morgan fingerprint density at radius 2 is 1.00 bits per heavy atom. The average molecular weight is 645 g/mol. The molecule has 0 aliphatic rings. The third-order valence-corrected chi connectivity index (χ3v) is 4.37. The maximum absolute atomic E-state index is 11.4. The first-order chi connectivity index (χ1) is 23.9. The van der Waals surface area contributed by atoms with Crippen LogP contribution >= 0.6 is 7.82 Å². The zero-order chi connectivity index (χ0) is 35.9. The van der Waals surface area contributed by atoms with Gasteiger partial charge in [-0.15, -0.1) is 0 Å². The summed E-state index contributed by atoms with van der Waals surface area (Å²) in [6, 6.07) is 0. The quantitative estimate of drug-likeness (QED) is 0.204. The van der Waals surface area contributed by atoms with Crippen LogP contribution in [0.2, 0.25) is 0 Å². The highest BCUT2D eigenvalue weighted by molar-refractivity contribution is 7.46. The van der Waals surface area contributed by atoms with Gasteiger partial charge in [-0.1, -0.05) is 12.7 Å². The number of carbonyl (C=O) groups excluding carboxylic acids is 1. The van der Waals surface area contributed by atoms with E-state index < -0.39 is 7.82 Å². The van der Waals surface area contributed by atoms with Gasteiger partial charge in [-0.3, -0.25) is 9.36 Å². The van der Waals surface area contributed by atoms with E-state index in [2.05, 4.69) is 216 Å². The molecule has 1 amide bonds. The van der Waals surface area contributed by atoms with Gasteiger partial charge in [0.2, 0.25) is 5.91 Å². The fourth-order valence-electron chi connectivity index (χ4n) is 1.79. The molecule has 0 aromatic carbocycles. The normalized spacial score (nSPS) is 7.08. The van der Waals surface area contributed by atoms with Gasteiger partial charge in [0, 0.05) is 132 Å². The molecule has 7 heteroatoms.